The Hall–Kier alpha value is -3.50. The molecule has 3 aromatic carbocycles. The van der Waals surface area contributed by atoms with E-state index in [1.54, 1.807) is 36.4 Å². The van der Waals surface area contributed by atoms with Crippen LogP contribution in [0.2, 0.25) is 10.0 Å². The van der Waals surface area contributed by atoms with Crippen LogP contribution in [0.15, 0.2) is 71.6 Å². The maximum atomic E-state index is 13.2. The average Bonchev–Trinajstić information content (AvgIpc) is 3.29. The summed E-state index contributed by atoms with van der Waals surface area (Å²) in [5.74, 6) is -0.366. The molecule has 8 heteroatoms. The Morgan fingerprint density at radius 3 is 2.50 bits per heavy atom. The van der Waals surface area contributed by atoms with Gasteiger partial charge in [-0.05, 0) is 60.2 Å². The molecule has 0 atom stereocenters. The summed E-state index contributed by atoms with van der Waals surface area (Å²) in [4.78, 5) is 27.5. The van der Waals surface area contributed by atoms with Crippen molar-refractivity contribution >= 4 is 63.1 Å². The summed E-state index contributed by atoms with van der Waals surface area (Å²) in [5, 5.41) is 11.1. The van der Waals surface area contributed by atoms with Crippen molar-refractivity contribution in [2.24, 2.45) is 0 Å². The largest absolute Gasteiger partial charge is 0.340 e. The molecule has 2 amide bonds. The Balaban J connectivity index is 1.52. The van der Waals surface area contributed by atoms with Crippen molar-refractivity contribution in [3.63, 3.8) is 0 Å². The number of thioether (sulfide) groups is 1. The standard InChI is InChI=1S/C28H19Cl2N3O2S/c1-17-23(13-26-27(34)33(28(35)36-26)15-19-7-3-2-6-18(19)14-31)22-8-4-5-9-25(22)32(17)16-20-10-11-21(29)12-24(20)30/h2-13H,15-16H2,1H3/b26-13+. The number of benzene rings is 3. The van der Waals surface area contributed by atoms with Gasteiger partial charge in [-0.1, -0.05) is 65.7 Å². The van der Waals surface area contributed by atoms with Crippen molar-refractivity contribution in [3.05, 3.63) is 110 Å². The van der Waals surface area contributed by atoms with Crippen LogP contribution in [0.25, 0.3) is 17.0 Å². The number of hydrogen-bond donors (Lipinski definition) is 0. The summed E-state index contributed by atoms with van der Waals surface area (Å²) in [6.07, 6.45) is 1.79. The monoisotopic (exact) mass is 531 g/mol. The van der Waals surface area contributed by atoms with Gasteiger partial charge in [-0.25, -0.2) is 0 Å². The Morgan fingerprint density at radius 2 is 1.72 bits per heavy atom. The van der Waals surface area contributed by atoms with Crippen molar-refractivity contribution in [1.82, 2.24) is 9.47 Å². The Kier molecular flexibility index (Phi) is 6.63. The van der Waals surface area contributed by atoms with E-state index < -0.39 is 0 Å². The van der Waals surface area contributed by atoms with Crippen molar-refractivity contribution in [2.75, 3.05) is 0 Å². The molecule has 1 fully saturated rings. The quantitative estimate of drug-likeness (QED) is 0.251. The molecule has 1 aliphatic rings. The number of amides is 2. The number of halogens is 2. The minimum Gasteiger partial charge on any atom is -0.340 e. The normalized spacial score (nSPS) is 14.7. The number of carbonyl (C=O) groups excluding carboxylic acids is 2. The van der Waals surface area contributed by atoms with E-state index in [2.05, 4.69) is 10.6 Å². The first-order valence-electron chi connectivity index (χ1n) is 11.1. The molecule has 1 aromatic heterocycles. The van der Waals surface area contributed by atoms with Gasteiger partial charge in [-0.2, -0.15) is 5.26 Å². The van der Waals surface area contributed by atoms with E-state index in [-0.39, 0.29) is 17.7 Å². The molecule has 36 heavy (non-hydrogen) atoms. The fourth-order valence-corrected chi connectivity index (χ4v) is 5.66. The minimum absolute atomic E-state index is 0.0571. The van der Waals surface area contributed by atoms with E-state index in [4.69, 9.17) is 23.2 Å². The molecule has 5 nitrogen and oxygen atoms in total. The number of carbonyl (C=O) groups is 2. The molecule has 0 bridgehead atoms. The SMILES string of the molecule is Cc1c(/C=C2/SC(=O)N(Cc3ccccc3C#N)C2=O)c2ccccc2n1Cc1ccc(Cl)cc1Cl. The van der Waals surface area contributed by atoms with E-state index in [1.165, 1.54) is 4.90 Å². The van der Waals surface area contributed by atoms with Crippen LogP contribution in [-0.4, -0.2) is 20.6 Å². The molecule has 1 saturated heterocycles. The summed E-state index contributed by atoms with van der Waals surface area (Å²) in [7, 11) is 0. The molecule has 0 spiro atoms. The zero-order chi connectivity index (χ0) is 25.4. The number of nitrogens with zero attached hydrogens (tertiary/aromatic N) is 3. The second-order valence-electron chi connectivity index (χ2n) is 8.37. The molecule has 0 aliphatic carbocycles. The zero-order valence-corrected chi connectivity index (χ0v) is 21.5. The lowest BCUT2D eigenvalue weighted by Gasteiger charge is -2.13. The topological polar surface area (TPSA) is 66.1 Å². The summed E-state index contributed by atoms with van der Waals surface area (Å²) < 4.78 is 2.14. The van der Waals surface area contributed by atoms with E-state index in [0.29, 0.717) is 32.6 Å². The Morgan fingerprint density at radius 1 is 0.972 bits per heavy atom. The lowest BCUT2D eigenvalue weighted by molar-refractivity contribution is -0.123. The van der Waals surface area contributed by atoms with E-state index >= 15 is 0 Å². The van der Waals surface area contributed by atoms with Gasteiger partial charge in [0.15, 0.2) is 0 Å². The fraction of sp³-hybridized carbons (Fsp3) is 0.107. The van der Waals surface area contributed by atoms with Gasteiger partial charge in [0.05, 0.1) is 23.1 Å². The molecular formula is C28H19Cl2N3O2S. The second-order valence-corrected chi connectivity index (χ2v) is 10.2. The minimum atomic E-state index is -0.366. The highest BCUT2D eigenvalue weighted by molar-refractivity contribution is 8.18. The van der Waals surface area contributed by atoms with Crippen molar-refractivity contribution < 1.29 is 9.59 Å². The second kappa shape index (κ2) is 9.87. The first-order chi connectivity index (χ1) is 17.4. The van der Waals surface area contributed by atoms with E-state index in [9.17, 15) is 14.9 Å². The van der Waals surface area contributed by atoms with Crippen LogP contribution in [0.1, 0.15) is 27.9 Å². The van der Waals surface area contributed by atoms with Crippen LogP contribution in [0.5, 0.6) is 0 Å². The molecular weight excluding hydrogens is 513 g/mol. The molecule has 2 heterocycles. The molecule has 5 rings (SSSR count). The zero-order valence-electron chi connectivity index (χ0n) is 19.2. The fourth-order valence-electron chi connectivity index (χ4n) is 4.37. The maximum absolute atomic E-state index is 13.2. The summed E-state index contributed by atoms with van der Waals surface area (Å²) >= 11 is 13.4. The van der Waals surface area contributed by atoms with Crippen LogP contribution in [0.3, 0.4) is 0 Å². The summed E-state index contributed by atoms with van der Waals surface area (Å²) in [6, 6.07) is 22.5. The van der Waals surface area contributed by atoms with Crippen molar-refractivity contribution in [2.45, 2.75) is 20.0 Å². The van der Waals surface area contributed by atoms with Crippen LogP contribution < -0.4 is 0 Å². The third-order valence-electron chi connectivity index (χ3n) is 6.24. The number of hydrogen-bond acceptors (Lipinski definition) is 4. The number of nitriles is 1. The van der Waals surface area contributed by atoms with Crippen LogP contribution >= 0.6 is 35.0 Å². The van der Waals surface area contributed by atoms with Gasteiger partial charge >= 0.3 is 0 Å². The molecule has 0 unspecified atom stereocenters. The lowest BCUT2D eigenvalue weighted by atomic mass is 10.1. The van der Waals surface area contributed by atoms with E-state index in [0.717, 1.165) is 39.5 Å². The molecule has 0 N–H and O–H groups in total. The van der Waals surface area contributed by atoms with Gasteiger partial charge in [0.25, 0.3) is 11.1 Å². The molecule has 1 aliphatic heterocycles. The Labute approximate surface area is 222 Å². The Bertz CT molecular complexity index is 1620. The number of aromatic nitrogens is 1. The third kappa shape index (κ3) is 4.42. The van der Waals surface area contributed by atoms with Gasteiger partial charge in [-0.15, -0.1) is 0 Å². The van der Waals surface area contributed by atoms with Gasteiger partial charge < -0.3 is 4.57 Å². The van der Waals surface area contributed by atoms with Crippen molar-refractivity contribution in [3.8, 4) is 6.07 Å². The average molecular weight is 532 g/mol. The van der Waals surface area contributed by atoms with E-state index in [1.807, 2.05) is 43.3 Å². The van der Waals surface area contributed by atoms with Crippen LogP contribution in [0.4, 0.5) is 4.79 Å². The molecule has 4 aromatic rings. The van der Waals surface area contributed by atoms with Crippen molar-refractivity contribution in [1.29, 1.82) is 5.26 Å². The smallest absolute Gasteiger partial charge is 0.293 e. The number of rotatable bonds is 5. The highest BCUT2D eigenvalue weighted by Gasteiger charge is 2.35. The predicted octanol–water partition coefficient (Wildman–Crippen LogP) is 7.41. The predicted molar refractivity (Wildman–Crippen MR) is 145 cm³/mol. The molecule has 0 radical (unpaired) electrons. The third-order valence-corrected chi connectivity index (χ3v) is 7.73. The summed E-state index contributed by atoms with van der Waals surface area (Å²) in [5.41, 5.74) is 4.82. The van der Waals surface area contributed by atoms with Crippen LogP contribution in [0, 0.1) is 18.3 Å². The van der Waals surface area contributed by atoms with Crippen LogP contribution in [-0.2, 0) is 17.9 Å². The summed E-state index contributed by atoms with van der Waals surface area (Å²) in [6.45, 7) is 2.58. The highest BCUT2D eigenvalue weighted by atomic mass is 35.5. The first-order valence-corrected chi connectivity index (χ1v) is 12.7. The first kappa shape index (κ1) is 24.2. The number of imide groups is 1. The molecule has 178 valence electrons. The lowest BCUT2D eigenvalue weighted by Crippen LogP contribution is -2.27. The van der Waals surface area contributed by atoms with Gasteiger partial charge in [0, 0.05) is 38.8 Å². The van der Waals surface area contributed by atoms with Gasteiger partial charge in [-0.3, -0.25) is 14.5 Å². The highest BCUT2D eigenvalue weighted by Crippen LogP contribution is 2.37. The van der Waals surface area contributed by atoms with Gasteiger partial charge in [0.1, 0.15) is 0 Å². The number of para-hydroxylation sites is 1. The molecule has 0 saturated carbocycles. The number of fused-ring (bicyclic) bond motifs is 1. The maximum Gasteiger partial charge on any atom is 0.293 e. The van der Waals surface area contributed by atoms with Gasteiger partial charge in [0.2, 0.25) is 0 Å².